The molecule has 7 nitrogen and oxygen atoms in total. The summed E-state index contributed by atoms with van der Waals surface area (Å²) in [6.07, 6.45) is 0. The minimum absolute atomic E-state index is 0.0579. The van der Waals surface area contributed by atoms with Gasteiger partial charge in [-0.15, -0.1) is 0 Å². The Morgan fingerprint density at radius 1 is 1.35 bits per heavy atom. The van der Waals surface area contributed by atoms with Crippen molar-refractivity contribution < 1.29 is 12.8 Å². The quantitative estimate of drug-likeness (QED) is 0.726. The summed E-state index contributed by atoms with van der Waals surface area (Å²) in [5, 5.41) is 8.09. The lowest BCUT2D eigenvalue weighted by Crippen LogP contribution is -2.15. The first-order valence-corrected chi connectivity index (χ1v) is 7.41. The number of nitrogens with zero attached hydrogens (tertiary/aromatic N) is 1. The van der Waals surface area contributed by atoms with Crippen LogP contribution in [-0.2, 0) is 16.6 Å². The van der Waals surface area contributed by atoms with Crippen LogP contribution in [0.1, 0.15) is 17.3 Å². The number of aryl methyl sites for hydroxylation is 2. The second-order valence-electron chi connectivity index (χ2n) is 4.40. The lowest BCUT2D eigenvalue weighted by molar-refractivity contribution is 0.478. The standard InChI is InChI=1S/C12H16N4O3S/c1-7-8(2)19-12(16-7)6-15-10-4-3-9(13)5-11(10)20(14,17)18/h3-5,15H,6,13H2,1-2H3,(H2,14,17,18). The van der Waals surface area contributed by atoms with Gasteiger partial charge in [0.05, 0.1) is 17.9 Å². The van der Waals surface area contributed by atoms with Gasteiger partial charge in [0.2, 0.25) is 15.9 Å². The molecular formula is C12H16N4O3S. The van der Waals surface area contributed by atoms with Crippen molar-refractivity contribution in [2.45, 2.75) is 25.3 Å². The lowest BCUT2D eigenvalue weighted by Gasteiger charge is -2.10. The molecule has 0 saturated heterocycles. The SMILES string of the molecule is Cc1nc(CNc2ccc(N)cc2S(N)(=O)=O)oc1C. The van der Waals surface area contributed by atoms with Gasteiger partial charge < -0.3 is 15.5 Å². The summed E-state index contributed by atoms with van der Waals surface area (Å²) in [6, 6.07) is 4.45. The van der Waals surface area contributed by atoms with Gasteiger partial charge in [0.25, 0.3) is 0 Å². The van der Waals surface area contributed by atoms with Crippen LogP contribution in [0.4, 0.5) is 11.4 Å². The summed E-state index contributed by atoms with van der Waals surface area (Å²) in [6.45, 7) is 3.90. The van der Waals surface area contributed by atoms with Crippen LogP contribution in [0.15, 0.2) is 27.5 Å². The first-order valence-electron chi connectivity index (χ1n) is 5.86. The van der Waals surface area contributed by atoms with Crippen LogP contribution in [0.5, 0.6) is 0 Å². The monoisotopic (exact) mass is 296 g/mol. The van der Waals surface area contributed by atoms with Crippen molar-refractivity contribution >= 4 is 21.4 Å². The van der Waals surface area contributed by atoms with Gasteiger partial charge in [0.1, 0.15) is 10.7 Å². The van der Waals surface area contributed by atoms with Crippen LogP contribution >= 0.6 is 0 Å². The Labute approximate surface area is 117 Å². The zero-order chi connectivity index (χ0) is 14.9. The highest BCUT2D eigenvalue weighted by Crippen LogP contribution is 2.23. The van der Waals surface area contributed by atoms with Crippen LogP contribution < -0.4 is 16.2 Å². The van der Waals surface area contributed by atoms with Crippen LogP contribution in [0, 0.1) is 13.8 Å². The van der Waals surface area contributed by atoms with Crippen LogP contribution in [-0.4, -0.2) is 13.4 Å². The molecule has 0 fully saturated rings. The summed E-state index contributed by atoms with van der Waals surface area (Å²) in [5.41, 5.74) is 7.05. The topological polar surface area (TPSA) is 124 Å². The number of primary sulfonamides is 1. The summed E-state index contributed by atoms with van der Waals surface area (Å²) in [7, 11) is -3.86. The Bertz CT molecular complexity index is 718. The maximum Gasteiger partial charge on any atom is 0.240 e. The van der Waals surface area contributed by atoms with Gasteiger partial charge in [-0.1, -0.05) is 0 Å². The number of oxazole rings is 1. The predicted molar refractivity (Wildman–Crippen MR) is 75.5 cm³/mol. The van der Waals surface area contributed by atoms with E-state index in [2.05, 4.69) is 10.3 Å². The molecule has 5 N–H and O–H groups in total. The van der Waals surface area contributed by atoms with E-state index in [1.54, 1.807) is 12.1 Å². The fraction of sp³-hybridized carbons (Fsp3) is 0.250. The molecule has 0 amide bonds. The van der Waals surface area contributed by atoms with E-state index in [0.717, 1.165) is 11.5 Å². The summed E-state index contributed by atoms with van der Waals surface area (Å²) in [4.78, 5) is 4.14. The molecule has 0 unspecified atom stereocenters. The summed E-state index contributed by atoms with van der Waals surface area (Å²) < 4.78 is 28.4. The van der Waals surface area contributed by atoms with Crippen molar-refractivity contribution in [1.29, 1.82) is 0 Å². The van der Waals surface area contributed by atoms with Crippen molar-refractivity contribution in [2.24, 2.45) is 5.14 Å². The Balaban J connectivity index is 2.26. The zero-order valence-corrected chi connectivity index (χ0v) is 12.0. The molecule has 2 aromatic rings. The molecule has 8 heteroatoms. The lowest BCUT2D eigenvalue weighted by atomic mass is 10.3. The number of nitrogen functional groups attached to an aromatic ring is 1. The third kappa shape index (κ3) is 3.09. The Morgan fingerprint density at radius 2 is 2.05 bits per heavy atom. The molecule has 2 rings (SSSR count). The van der Waals surface area contributed by atoms with E-state index in [1.807, 2.05) is 13.8 Å². The second-order valence-corrected chi connectivity index (χ2v) is 5.93. The number of anilines is 2. The highest BCUT2D eigenvalue weighted by Gasteiger charge is 2.15. The number of rotatable bonds is 4. The van der Waals surface area contributed by atoms with E-state index >= 15 is 0 Å². The molecule has 0 atom stereocenters. The van der Waals surface area contributed by atoms with E-state index in [-0.39, 0.29) is 11.4 Å². The molecule has 1 aromatic heterocycles. The Kier molecular flexibility index (Phi) is 3.69. The molecule has 0 bridgehead atoms. The van der Waals surface area contributed by atoms with Crippen molar-refractivity contribution in [2.75, 3.05) is 11.1 Å². The van der Waals surface area contributed by atoms with Crippen LogP contribution in [0.2, 0.25) is 0 Å². The largest absolute Gasteiger partial charge is 0.444 e. The number of nitrogens with two attached hydrogens (primary N) is 2. The van der Waals surface area contributed by atoms with Crippen molar-refractivity contribution in [1.82, 2.24) is 4.98 Å². The molecule has 20 heavy (non-hydrogen) atoms. The average molecular weight is 296 g/mol. The third-order valence-corrected chi connectivity index (χ3v) is 3.77. The summed E-state index contributed by atoms with van der Waals surface area (Å²) >= 11 is 0. The molecule has 0 aliphatic rings. The molecule has 108 valence electrons. The number of benzene rings is 1. The number of sulfonamides is 1. The van der Waals surface area contributed by atoms with Gasteiger partial charge in [0.15, 0.2) is 0 Å². The van der Waals surface area contributed by atoms with Gasteiger partial charge in [-0.25, -0.2) is 18.5 Å². The number of hydrogen-bond acceptors (Lipinski definition) is 6. The number of nitrogens with one attached hydrogen (secondary N) is 1. The first kappa shape index (κ1) is 14.4. The van der Waals surface area contributed by atoms with Gasteiger partial charge >= 0.3 is 0 Å². The average Bonchev–Trinajstić information content (AvgIpc) is 2.66. The van der Waals surface area contributed by atoms with Crippen molar-refractivity contribution in [3.8, 4) is 0 Å². The normalized spacial score (nSPS) is 11.6. The number of aromatic nitrogens is 1. The maximum atomic E-state index is 11.5. The Hall–Kier alpha value is -2.06. The molecular weight excluding hydrogens is 280 g/mol. The molecule has 0 saturated carbocycles. The highest BCUT2D eigenvalue weighted by molar-refractivity contribution is 7.89. The van der Waals surface area contributed by atoms with E-state index in [1.165, 1.54) is 6.07 Å². The molecule has 1 heterocycles. The minimum atomic E-state index is -3.86. The smallest absolute Gasteiger partial charge is 0.240 e. The van der Waals surface area contributed by atoms with Crippen molar-refractivity contribution in [3.63, 3.8) is 0 Å². The molecule has 0 aliphatic carbocycles. The molecule has 0 radical (unpaired) electrons. The molecule has 1 aromatic carbocycles. The fourth-order valence-electron chi connectivity index (χ4n) is 1.71. The van der Waals surface area contributed by atoms with E-state index in [0.29, 0.717) is 17.3 Å². The van der Waals surface area contributed by atoms with Gasteiger partial charge in [-0.05, 0) is 32.0 Å². The van der Waals surface area contributed by atoms with Gasteiger partial charge in [0, 0.05) is 5.69 Å². The van der Waals surface area contributed by atoms with Gasteiger partial charge in [-0.3, -0.25) is 0 Å². The number of hydrogen-bond donors (Lipinski definition) is 3. The zero-order valence-electron chi connectivity index (χ0n) is 11.2. The predicted octanol–water partition coefficient (Wildman–Crippen LogP) is 1.13. The van der Waals surface area contributed by atoms with E-state index in [9.17, 15) is 8.42 Å². The molecule has 0 aliphatic heterocycles. The Morgan fingerprint density at radius 3 is 2.60 bits per heavy atom. The van der Waals surface area contributed by atoms with Crippen molar-refractivity contribution in [3.05, 3.63) is 35.5 Å². The van der Waals surface area contributed by atoms with Crippen LogP contribution in [0.25, 0.3) is 0 Å². The van der Waals surface area contributed by atoms with Crippen LogP contribution in [0.3, 0.4) is 0 Å². The maximum absolute atomic E-state index is 11.5. The fourth-order valence-corrected chi connectivity index (χ4v) is 2.45. The first-order chi connectivity index (χ1) is 9.27. The van der Waals surface area contributed by atoms with E-state index < -0.39 is 10.0 Å². The minimum Gasteiger partial charge on any atom is -0.444 e. The highest BCUT2D eigenvalue weighted by atomic mass is 32.2. The van der Waals surface area contributed by atoms with Gasteiger partial charge in [-0.2, -0.15) is 0 Å². The third-order valence-electron chi connectivity index (χ3n) is 2.82. The van der Waals surface area contributed by atoms with E-state index in [4.69, 9.17) is 15.3 Å². The second kappa shape index (κ2) is 5.14. The summed E-state index contributed by atoms with van der Waals surface area (Å²) in [5.74, 6) is 1.20. The molecule has 0 spiro atoms.